The Morgan fingerprint density at radius 1 is 1.33 bits per heavy atom. The number of likely N-dealkylation sites (tertiary alicyclic amines) is 1. The van der Waals surface area contributed by atoms with Gasteiger partial charge in [0.05, 0.1) is 13.2 Å². The number of anilines is 1. The van der Waals surface area contributed by atoms with Crippen LogP contribution in [0.1, 0.15) is 19.3 Å². The fraction of sp³-hybridized carbons (Fsp3) is 0.500. The van der Waals surface area contributed by atoms with Crippen molar-refractivity contribution in [2.45, 2.75) is 19.3 Å². The van der Waals surface area contributed by atoms with Crippen LogP contribution in [0, 0.1) is 5.92 Å². The molecule has 1 amide bonds. The maximum atomic E-state index is 12.2. The van der Waals surface area contributed by atoms with Gasteiger partial charge in [0.15, 0.2) is 0 Å². The first kappa shape index (κ1) is 14.1. The molecule has 1 aromatic rings. The highest BCUT2D eigenvalue weighted by Crippen LogP contribution is 2.21. The topological polar surface area (TPSA) is 54.5 Å². The van der Waals surface area contributed by atoms with Gasteiger partial charge in [0.25, 0.3) is 0 Å². The normalized spacial score (nSPS) is 19.9. The number of ether oxygens (including phenoxy) is 1. The lowest BCUT2D eigenvalue weighted by Gasteiger charge is -2.31. The van der Waals surface area contributed by atoms with Crippen molar-refractivity contribution in [2.24, 2.45) is 5.92 Å². The number of hydrogen-bond donors (Lipinski definition) is 1. The van der Waals surface area contributed by atoms with Gasteiger partial charge in [-0.2, -0.15) is 0 Å². The van der Waals surface area contributed by atoms with Crippen molar-refractivity contribution in [3.05, 3.63) is 36.4 Å². The quantitative estimate of drug-likeness (QED) is 0.920. The molecule has 5 heteroatoms. The SMILES string of the molecule is O=C(Nc1ccncc1)C1CCN(CC2=CCCO2)CC1. The fourth-order valence-corrected chi connectivity index (χ4v) is 2.83. The van der Waals surface area contributed by atoms with E-state index < -0.39 is 0 Å². The average Bonchev–Trinajstić information content (AvgIpc) is 3.02. The molecule has 0 saturated carbocycles. The molecule has 0 bridgehead atoms. The first-order valence-corrected chi connectivity index (χ1v) is 7.56. The van der Waals surface area contributed by atoms with Crippen molar-refractivity contribution in [1.82, 2.24) is 9.88 Å². The molecule has 0 spiro atoms. The van der Waals surface area contributed by atoms with E-state index in [1.807, 2.05) is 12.1 Å². The van der Waals surface area contributed by atoms with Crippen molar-refractivity contribution in [1.29, 1.82) is 0 Å². The van der Waals surface area contributed by atoms with Crippen LogP contribution in [-0.4, -0.2) is 42.0 Å². The van der Waals surface area contributed by atoms with Gasteiger partial charge in [-0.3, -0.25) is 14.7 Å². The van der Waals surface area contributed by atoms with Crippen molar-refractivity contribution in [2.75, 3.05) is 31.6 Å². The molecule has 1 saturated heterocycles. The zero-order chi connectivity index (χ0) is 14.5. The van der Waals surface area contributed by atoms with Crippen molar-refractivity contribution in [3.63, 3.8) is 0 Å². The summed E-state index contributed by atoms with van der Waals surface area (Å²) in [5.74, 6) is 1.32. The summed E-state index contributed by atoms with van der Waals surface area (Å²) in [5, 5.41) is 2.97. The molecule has 0 radical (unpaired) electrons. The molecular formula is C16H21N3O2. The third kappa shape index (κ3) is 3.82. The standard InChI is InChI=1S/C16H21N3O2/c20-16(18-14-3-7-17-8-4-14)13-5-9-19(10-6-13)12-15-2-1-11-21-15/h2-4,7-8,13H,1,5-6,9-12H2,(H,17,18,20). The van der Waals surface area contributed by atoms with Gasteiger partial charge in [-0.05, 0) is 44.1 Å². The number of rotatable bonds is 4. The Morgan fingerprint density at radius 2 is 2.10 bits per heavy atom. The number of aromatic nitrogens is 1. The summed E-state index contributed by atoms with van der Waals surface area (Å²) in [4.78, 5) is 18.5. The van der Waals surface area contributed by atoms with E-state index in [1.54, 1.807) is 12.4 Å². The van der Waals surface area contributed by atoms with Crippen LogP contribution in [0.25, 0.3) is 0 Å². The van der Waals surface area contributed by atoms with Gasteiger partial charge in [0.1, 0.15) is 5.76 Å². The average molecular weight is 287 g/mol. The third-order valence-corrected chi connectivity index (χ3v) is 4.06. The summed E-state index contributed by atoms with van der Waals surface area (Å²) < 4.78 is 5.54. The maximum Gasteiger partial charge on any atom is 0.227 e. The summed E-state index contributed by atoms with van der Waals surface area (Å²) in [7, 11) is 0. The Kier molecular flexibility index (Phi) is 4.50. The smallest absolute Gasteiger partial charge is 0.227 e. The minimum atomic E-state index is 0.105. The van der Waals surface area contributed by atoms with Gasteiger partial charge in [-0.15, -0.1) is 0 Å². The van der Waals surface area contributed by atoms with Gasteiger partial charge in [0.2, 0.25) is 5.91 Å². The summed E-state index contributed by atoms with van der Waals surface area (Å²) in [6.45, 7) is 3.61. The molecule has 1 fully saturated rings. The number of hydrogen-bond acceptors (Lipinski definition) is 4. The Bertz CT molecular complexity index is 508. The highest BCUT2D eigenvalue weighted by molar-refractivity contribution is 5.92. The second-order valence-electron chi connectivity index (χ2n) is 5.58. The Labute approximate surface area is 125 Å². The van der Waals surface area contributed by atoms with Crippen LogP contribution in [0.15, 0.2) is 36.4 Å². The van der Waals surface area contributed by atoms with Crippen molar-refractivity contribution >= 4 is 11.6 Å². The molecule has 0 atom stereocenters. The van der Waals surface area contributed by atoms with Crippen LogP contribution >= 0.6 is 0 Å². The lowest BCUT2D eigenvalue weighted by atomic mass is 9.96. The van der Waals surface area contributed by atoms with Crippen LogP contribution in [0.3, 0.4) is 0 Å². The van der Waals surface area contributed by atoms with Crippen LogP contribution in [-0.2, 0) is 9.53 Å². The number of nitrogens with zero attached hydrogens (tertiary/aromatic N) is 2. The van der Waals surface area contributed by atoms with E-state index in [9.17, 15) is 4.79 Å². The van der Waals surface area contributed by atoms with E-state index in [4.69, 9.17) is 4.74 Å². The summed E-state index contributed by atoms with van der Waals surface area (Å²) >= 11 is 0. The molecule has 0 unspecified atom stereocenters. The Balaban J connectivity index is 1.45. The molecule has 21 heavy (non-hydrogen) atoms. The van der Waals surface area contributed by atoms with Crippen molar-refractivity contribution < 1.29 is 9.53 Å². The molecule has 0 aromatic carbocycles. The Hall–Kier alpha value is -1.88. The highest BCUT2D eigenvalue weighted by Gasteiger charge is 2.25. The van der Waals surface area contributed by atoms with Crippen LogP contribution in [0.4, 0.5) is 5.69 Å². The predicted octanol–water partition coefficient (Wildman–Crippen LogP) is 2.04. The number of pyridine rings is 1. The molecule has 3 rings (SSSR count). The molecule has 5 nitrogen and oxygen atoms in total. The number of nitrogens with one attached hydrogen (secondary N) is 1. The van der Waals surface area contributed by atoms with Crippen LogP contribution < -0.4 is 5.32 Å². The first-order valence-electron chi connectivity index (χ1n) is 7.56. The number of piperidine rings is 1. The number of carbonyl (C=O) groups is 1. The van der Waals surface area contributed by atoms with Gasteiger partial charge < -0.3 is 10.1 Å². The van der Waals surface area contributed by atoms with E-state index >= 15 is 0 Å². The van der Waals surface area contributed by atoms with Crippen LogP contribution in [0.5, 0.6) is 0 Å². The minimum Gasteiger partial charge on any atom is -0.497 e. The second-order valence-corrected chi connectivity index (χ2v) is 5.58. The van der Waals surface area contributed by atoms with E-state index in [1.165, 1.54) is 0 Å². The largest absolute Gasteiger partial charge is 0.497 e. The number of amides is 1. The molecule has 0 aliphatic carbocycles. The van der Waals surface area contributed by atoms with E-state index in [0.717, 1.165) is 57.0 Å². The summed E-state index contributed by atoms with van der Waals surface area (Å²) in [6.07, 6.45) is 8.39. The molecule has 3 heterocycles. The summed E-state index contributed by atoms with van der Waals surface area (Å²) in [6, 6.07) is 3.63. The third-order valence-electron chi connectivity index (χ3n) is 4.06. The number of carbonyl (C=O) groups excluding carboxylic acids is 1. The molecule has 1 N–H and O–H groups in total. The zero-order valence-electron chi connectivity index (χ0n) is 12.1. The van der Waals surface area contributed by atoms with E-state index in [-0.39, 0.29) is 11.8 Å². The van der Waals surface area contributed by atoms with E-state index in [0.29, 0.717) is 0 Å². The zero-order valence-corrected chi connectivity index (χ0v) is 12.1. The fourth-order valence-electron chi connectivity index (χ4n) is 2.83. The molecular weight excluding hydrogens is 266 g/mol. The predicted molar refractivity (Wildman–Crippen MR) is 80.7 cm³/mol. The van der Waals surface area contributed by atoms with Crippen molar-refractivity contribution in [3.8, 4) is 0 Å². The Morgan fingerprint density at radius 3 is 2.76 bits per heavy atom. The van der Waals surface area contributed by atoms with E-state index in [2.05, 4.69) is 21.3 Å². The minimum absolute atomic E-state index is 0.105. The lowest BCUT2D eigenvalue weighted by molar-refractivity contribution is -0.121. The maximum absolute atomic E-state index is 12.2. The van der Waals surface area contributed by atoms with Crippen LogP contribution in [0.2, 0.25) is 0 Å². The molecule has 2 aliphatic rings. The van der Waals surface area contributed by atoms with Gasteiger partial charge in [-0.1, -0.05) is 0 Å². The summed E-state index contributed by atoms with van der Waals surface area (Å²) in [5.41, 5.74) is 0.821. The van der Waals surface area contributed by atoms with Gasteiger partial charge in [-0.25, -0.2) is 0 Å². The molecule has 2 aliphatic heterocycles. The first-order chi connectivity index (χ1) is 10.3. The second kappa shape index (κ2) is 6.72. The monoisotopic (exact) mass is 287 g/mol. The highest BCUT2D eigenvalue weighted by atomic mass is 16.5. The molecule has 112 valence electrons. The lowest BCUT2D eigenvalue weighted by Crippen LogP contribution is -2.39. The van der Waals surface area contributed by atoms with Gasteiger partial charge in [0, 0.05) is 30.4 Å². The van der Waals surface area contributed by atoms with Gasteiger partial charge >= 0.3 is 0 Å². The molecule has 1 aromatic heterocycles.